The van der Waals surface area contributed by atoms with Gasteiger partial charge in [-0.15, -0.1) is 0 Å². The van der Waals surface area contributed by atoms with E-state index >= 15 is 0 Å². The summed E-state index contributed by atoms with van der Waals surface area (Å²) in [7, 11) is 0. The second-order valence-corrected chi connectivity index (χ2v) is 7.24. The predicted octanol–water partition coefficient (Wildman–Crippen LogP) is 3.52. The van der Waals surface area contributed by atoms with E-state index in [-0.39, 0.29) is 5.54 Å². The maximum atomic E-state index is 9.06. The van der Waals surface area contributed by atoms with Crippen LogP contribution in [0.2, 0.25) is 0 Å². The Morgan fingerprint density at radius 3 is 2.25 bits per heavy atom. The third kappa shape index (κ3) is 1.86. The molecule has 4 aliphatic carbocycles. The lowest BCUT2D eigenvalue weighted by Crippen LogP contribution is -2.54. The first-order valence-corrected chi connectivity index (χ1v) is 7.74. The molecule has 0 aliphatic heterocycles. The Hall–Kier alpha value is -1.69. The van der Waals surface area contributed by atoms with E-state index in [0.717, 1.165) is 29.1 Å². The zero-order valence-electron chi connectivity index (χ0n) is 11.7. The number of rotatable bonds is 2. The highest BCUT2D eigenvalue weighted by Crippen LogP contribution is 2.56. The van der Waals surface area contributed by atoms with Crippen molar-refractivity contribution in [1.82, 2.24) is 0 Å². The number of nitrogens with zero attached hydrogens (tertiary/aromatic N) is 1. The maximum Gasteiger partial charge on any atom is 0.0992 e. The van der Waals surface area contributed by atoms with E-state index in [1.54, 1.807) is 6.07 Å². The van der Waals surface area contributed by atoms with E-state index in [9.17, 15) is 0 Å². The number of nitrogens with two attached hydrogens (primary N) is 1. The van der Waals surface area contributed by atoms with Crippen LogP contribution in [0, 0.1) is 29.1 Å². The number of nitrogens with one attached hydrogen (secondary N) is 1. The van der Waals surface area contributed by atoms with Gasteiger partial charge in [-0.1, -0.05) is 0 Å². The summed E-state index contributed by atoms with van der Waals surface area (Å²) >= 11 is 0. The van der Waals surface area contributed by atoms with E-state index in [0.29, 0.717) is 5.56 Å². The fourth-order valence-corrected chi connectivity index (χ4v) is 5.28. The minimum absolute atomic E-state index is 0.247. The van der Waals surface area contributed by atoms with Crippen LogP contribution in [0.1, 0.15) is 44.1 Å². The summed E-state index contributed by atoms with van der Waals surface area (Å²) in [6.45, 7) is 0. The van der Waals surface area contributed by atoms with Gasteiger partial charge in [0.15, 0.2) is 0 Å². The van der Waals surface area contributed by atoms with Crippen molar-refractivity contribution in [3.8, 4) is 6.07 Å². The molecule has 3 heteroatoms. The minimum atomic E-state index is 0.247. The molecule has 3 N–H and O–H groups in total. The standard InChI is InChI=1S/C17H21N3/c18-10-11-1-2-15(19)16(6-11)20-17-7-12-3-13(8-17)5-14(4-12)9-17/h1-2,6,12-14,20H,3-5,7-9,19H2. The molecule has 5 rings (SSSR count). The van der Waals surface area contributed by atoms with Crippen LogP contribution in [0.25, 0.3) is 0 Å². The Morgan fingerprint density at radius 2 is 1.70 bits per heavy atom. The number of benzene rings is 1. The molecular weight excluding hydrogens is 246 g/mol. The predicted molar refractivity (Wildman–Crippen MR) is 80.1 cm³/mol. The van der Waals surface area contributed by atoms with Gasteiger partial charge in [0.2, 0.25) is 0 Å². The monoisotopic (exact) mass is 267 g/mol. The second kappa shape index (κ2) is 4.15. The molecule has 0 amide bonds. The lowest BCUT2D eigenvalue weighted by Gasteiger charge is -2.57. The number of hydrogen-bond donors (Lipinski definition) is 2. The van der Waals surface area contributed by atoms with E-state index in [1.807, 2.05) is 12.1 Å². The highest BCUT2D eigenvalue weighted by Gasteiger charge is 2.50. The third-order valence-electron chi connectivity index (χ3n) is 5.62. The Bertz CT molecular complexity index is 549. The third-order valence-corrected chi connectivity index (χ3v) is 5.62. The first-order valence-electron chi connectivity index (χ1n) is 7.74. The average Bonchev–Trinajstić information content (AvgIpc) is 2.39. The van der Waals surface area contributed by atoms with E-state index in [1.165, 1.54) is 38.5 Å². The topological polar surface area (TPSA) is 61.8 Å². The maximum absolute atomic E-state index is 9.06. The van der Waals surface area contributed by atoms with E-state index in [4.69, 9.17) is 11.0 Å². The molecule has 0 saturated heterocycles. The minimum Gasteiger partial charge on any atom is -0.397 e. The van der Waals surface area contributed by atoms with Gasteiger partial charge in [-0.05, 0) is 74.5 Å². The largest absolute Gasteiger partial charge is 0.397 e. The van der Waals surface area contributed by atoms with Gasteiger partial charge in [0.25, 0.3) is 0 Å². The van der Waals surface area contributed by atoms with Gasteiger partial charge in [0.1, 0.15) is 0 Å². The van der Waals surface area contributed by atoms with Crippen molar-refractivity contribution < 1.29 is 0 Å². The first-order chi connectivity index (χ1) is 9.66. The average molecular weight is 267 g/mol. The molecule has 0 unspecified atom stereocenters. The van der Waals surface area contributed by atoms with Gasteiger partial charge in [-0.3, -0.25) is 0 Å². The molecule has 1 aromatic rings. The number of nitrogen functional groups attached to an aromatic ring is 1. The number of hydrogen-bond acceptors (Lipinski definition) is 3. The van der Waals surface area contributed by atoms with Crippen LogP contribution in [0.3, 0.4) is 0 Å². The van der Waals surface area contributed by atoms with Crippen molar-refractivity contribution in [2.45, 2.75) is 44.1 Å². The molecule has 4 saturated carbocycles. The Labute approximate surface area is 120 Å². The van der Waals surface area contributed by atoms with Crippen LogP contribution in [-0.4, -0.2) is 5.54 Å². The molecular formula is C17H21N3. The van der Waals surface area contributed by atoms with Gasteiger partial charge in [-0.25, -0.2) is 0 Å². The second-order valence-electron chi connectivity index (χ2n) is 7.24. The lowest BCUT2D eigenvalue weighted by atomic mass is 9.53. The fraction of sp³-hybridized carbons (Fsp3) is 0.588. The highest BCUT2D eigenvalue weighted by atomic mass is 15.0. The van der Waals surface area contributed by atoms with Gasteiger partial charge >= 0.3 is 0 Å². The number of anilines is 2. The molecule has 1 aromatic carbocycles. The van der Waals surface area contributed by atoms with E-state index in [2.05, 4.69) is 11.4 Å². The lowest BCUT2D eigenvalue weighted by molar-refractivity contribution is 0.0107. The molecule has 0 heterocycles. The summed E-state index contributed by atoms with van der Waals surface area (Å²) < 4.78 is 0. The normalized spacial score (nSPS) is 37.6. The zero-order chi connectivity index (χ0) is 13.7. The van der Waals surface area contributed by atoms with Crippen LogP contribution in [0.15, 0.2) is 18.2 Å². The van der Waals surface area contributed by atoms with Gasteiger partial charge in [-0.2, -0.15) is 5.26 Å². The first kappa shape index (κ1) is 12.1. The van der Waals surface area contributed by atoms with Crippen molar-refractivity contribution >= 4 is 11.4 Å². The highest BCUT2D eigenvalue weighted by molar-refractivity contribution is 5.69. The quantitative estimate of drug-likeness (QED) is 0.806. The molecule has 3 nitrogen and oxygen atoms in total. The zero-order valence-corrected chi connectivity index (χ0v) is 11.7. The van der Waals surface area contributed by atoms with Gasteiger partial charge < -0.3 is 11.1 Å². The molecule has 4 bridgehead atoms. The summed E-state index contributed by atoms with van der Waals surface area (Å²) in [6.07, 6.45) is 8.18. The molecule has 0 radical (unpaired) electrons. The van der Waals surface area contributed by atoms with Crippen LogP contribution in [0.4, 0.5) is 11.4 Å². The summed E-state index contributed by atoms with van der Waals surface area (Å²) in [5.41, 5.74) is 8.76. The SMILES string of the molecule is N#Cc1ccc(N)c(NC23CC4CC(CC(C4)C2)C3)c1. The van der Waals surface area contributed by atoms with Crippen molar-refractivity contribution in [3.05, 3.63) is 23.8 Å². The summed E-state index contributed by atoms with van der Waals surface area (Å²) in [5.74, 6) is 2.73. The van der Waals surface area contributed by atoms with Crippen molar-refractivity contribution in [3.63, 3.8) is 0 Å². The molecule has 0 aromatic heterocycles. The Morgan fingerprint density at radius 1 is 1.10 bits per heavy atom. The summed E-state index contributed by atoms with van der Waals surface area (Å²) in [5, 5.41) is 12.8. The van der Waals surface area contributed by atoms with Gasteiger partial charge in [0, 0.05) is 5.54 Å². The molecule has 4 fully saturated rings. The number of nitriles is 1. The molecule has 0 atom stereocenters. The molecule has 20 heavy (non-hydrogen) atoms. The van der Waals surface area contributed by atoms with Crippen LogP contribution < -0.4 is 11.1 Å². The van der Waals surface area contributed by atoms with Crippen LogP contribution >= 0.6 is 0 Å². The summed E-state index contributed by atoms with van der Waals surface area (Å²) in [6, 6.07) is 7.76. The Balaban J connectivity index is 1.64. The molecule has 4 aliphatic rings. The van der Waals surface area contributed by atoms with Gasteiger partial charge in [0.05, 0.1) is 23.0 Å². The molecule has 0 spiro atoms. The van der Waals surface area contributed by atoms with E-state index < -0.39 is 0 Å². The molecule has 104 valence electrons. The smallest absolute Gasteiger partial charge is 0.0992 e. The van der Waals surface area contributed by atoms with Crippen molar-refractivity contribution in [1.29, 1.82) is 5.26 Å². The van der Waals surface area contributed by atoms with Crippen molar-refractivity contribution in [2.24, 2.45) is 17.8 Å². The van der Waals surface area contributed by atoms with Crippen molar-refractivity contribution in [2.75, 3.05) is 11.1 Å². The summed E-state index contributed by atoms with van der Waals surface area (Å²) in [4.78, 5) is 0. The van der Waals surface area contributed by atoms with Crippen LogP contribution in [-0.2, 0) is 0 Å². The Kier molecular flexibility index (Phi) is 2.51. The van der Waals surface area contributed by atoms with Crippen LogP contribution in [0.5, 0.6) is 0 Å². The fourth-order valence-electron chi connectivity index (χ4n) is 5.28.